The smallest absolute Gasteiger partial charge is 0.295 e. The second-order valence-electron chi connectivity index (χ2n) is 9.24. The molecule has 0 aliphatic carbocycles. The van der Waals surface area contributed by atoms with Crippen LogP contribution in [0.5, 0.6) is 5.75 Å². The maximum absolute atomic E-state index is 13.2. The number of rotatable bonds is 11. The van der Waals surface area contributed by atoms with E-state index >= 15 is 0 Å². The van der Waals surface area contributed by atoms with Crippen LogP contribution < -0.4 is 9.64 Å². The number of Topliss-reactive ketones (excluding diaryl/α,β-unsaturated/α-hetero) is 1. The van der Waals surface area contributed by atoms with E-state index in [-0.39, 0.29) is 11.3 Å². The fourth-order valence-corrected chi connectivity index (χ4v) is 4.41. The maximum atomic E-state index is 13.2. The Morgan fingerprint density at radius 1 is 1.11 bits per heavy atom. The van der Waals surface area contributed by atoms with E-state index < -0.39 is 17.7 Å². The number of ketones is 1. The zero-order chi connectivity index (χ0) is 25.5. The van der Waals surface area contributed by atoms with Gasteiger partial charge >= 0.3 is 0 Å². The predicted molar refractivity (Wildman–Crippen MR) is 138 cm³/mol. The van der Waals surface area contributed by atoms with Gasteiger partial charge in [-0.3, -0.25) is 9.59 Å². The molecule has 35 heavy (non-hydrogen) atoms. The first kappa shape index (κ1) is 26.2. The second kappa shape index (κ2) is 11.8. The molecule has 1 fully saturated rings. The summed E-state index contributed by atoms with van der Waals surface area (Å²) in [6.45, 7) is 15.7. The molecule has 0 saturated carbocycles. The minimum atomic E-state index is -0.684. The summed E-state index contributed by atoms with van der Waals surface area (Å²) < 4.78 is 5.82. The lowest BCUT2D eigenvalue weighted by atomic mass is 9.95. The number of nitrogens with one attached hydrogen (secondary N) is 1. The van der Waals surface area contributed by atoms with Crippen LogP contribution in [-0.2, 0) is 9.59 Å². The van der Waals surface area contributed by atoms with Crippen molar-refractivity contribution in [3.63, 3.8) is 0 Å². The van der Waals surface area contributed by atoms with Crippen molar-refractivity contribution in [2.45, 2.75) is 40.2 Å². The van der Waals surface area contributed by atoms with E-state index in [9.17, 15) is 14.7 Å². The normalized spacial score (nSPS) is 17.3. The molecule has 1 atom stereocenters. The lowest BCUT2D eigenvalue weighted by molar-refractivity contribution is -0.896. The number of likely N-dealkylation sites (tertiary alicyclic amines) is 1. The Hall–Kier alpha value is -3.38. The molecular weight excluding hydrogens is 440 g/mol. The summed E-state index contributed by atoms with van der Waals surface area (Å²) in [7, 11) is 0. The number of amides is 1. The first-order valence-corrected chi connectivity index (χ1v) is 12.3. The zero-order valence-corrected chi connectivity index (χ0v) is 21.3. The highest BCUT2D eigenvalue weighted by molar-refractivity contribution is 6.46. The Labute approximate surface area is 208 Å². The highest BCUT2D eigenvalue weighted by Gasteiger charge is 2.46. The number of nitrogens with zero attached hydrogens (tertiary/aromatic N) is 1. The standard InChI is InChI=1S/C29H36N2O4/c1-6-30(7-2)16-9-17-31-26(23-10-8-11-24(18-23)35-19-20(3)4)25(28(33)29(31)34)27(32)22-14-12-21(5)13-15-22/h8,10-15,18,26,32H,3,6-7,9,16-17,19H2,1-2,4-5H3/p+1. The number of quaternary nitrogens is 1. The highest BCUT2D eigenvalue weighted by atomic mass is 16.5. The van der Waals surface area contributed by atoms with E-state index in [1.807, 2.05) is 50.2 Å². The van der Waals surface area contributed by atoms with Crippen molar-refractivity contribution in [3.8, 4) is 5.75 Å². The summed E-state index contributed by atoms with van der Waals surface area (Å²) in [5.41, 5.74) is 3.29. The fraction of sp³-hybridized carbons (Fsp3) is 0.379. The Balaban J connectivity index is 2.03. The van der Waals surface area contributed by atoms with Gasteiger partial charge in [-0.15, -0.1) is 0 Å². The third-order valence-electron chi connectivity index (χ3n) is 6.45. The molecule has 1 heterocycles. The molecule has 1 aliphatic rings. The van der Waals surface area contributed by atoms with Crippen LogP contribution in [0.2, 0.25) is 0 Å². The average molecular weight is 478 g/mol. The summed E-state index contributed by atoms with van der Waals surface area (Å²) in [5, 5.41) is 11.2. The molecule has 0 radical (unpaired) electrons. The van der Waals surface area contributed by atoms with Crippen molar-refractivity contribution < 1.29 is 24.3 Å². The molecule has 6 nitrogen and oxygen atoms in total. The monoisotopic (exact) mass is 477 g/mol. The third-order valence-corrected chi connectivity index (χ3v) is 6.45. The number of hydrogen-bond donors (Lipinski definition) is 2. The van der Waals surface area contributed by atoms with Gasteiger partial charge in [0.1, 0.15) is 18.1 Å². The molecule has 1 saturated heterocycles. The van der Waals surface area contributed by atoms with Crippen molar-refractivity contribution in [3.05, 3.63) is 82.9 Å². The molecule has 1 amide bonds. The summed E-state index contributed by atoms with van der Waals surface area (Å²) >= 11 is 0. The number of carbonyl (C=O) groups is 2. The topological polar surface area (TPSA) is 71.3 Å². The summed E-state index contributed by atoms with van der Waals surface area (Å²) in [5.74, 6) is -0.763. The van der Waals surface area contributed by atoms with Crippen LogP contribution in [0.25, 0.3) is 5.76 Å². The van der Waals surface area contributed by atoms with Crippen LogP contribution in [0.4, 0.5) is 0 Å². The molecule has 2 aromatic carbocycles. The van der Waals surface area contributed by atoms with Gasteiger partial charge in [0.05, 0.1) is 31.2 Å². The number of carbonyl (C=O) groups excluding carboxylic acids is 2. The molecule has 2 aromatic rings. The lowest BCUT2D eigenvalue weighted by Crippen LogP contribution is -3.11. The minimum absolute atomic E-state index is 0.117. The van der Waals surface area contributed by atoms with Gasteiger partial charge in [0.2, 0.25) is 0 Å². The van der Waals surface area contributed by atoms with E-state index in [4.69, 9.17) is 4.74 Å². The van der Waals surface area contributed by atoms with Crippen LogP contribution in [0.1, 0.15) is 49.9 Å². The number of benzene rings is 2. The van der Waals surface area contributed by atoms with Gasteiger partial charge in [-0.2, -0.15) is 0 Å². The van der Waals surface area contributed by atoms with Crippen molar-refractivity contribution in [2.24, 2.45) is 0 Å². The van der Waals surface area contributed by atoms with Gasteiger partial charge in [0.25, 0.3) is 11.7 Å². The van der Waals surface area contributed by atoms with Gasteiger partial charge in [-0.1, -0.05) is 48.5 Å². The summed E-state index contributed by atoms with van der Waals surface area (Å²) in [6, 6.07) is 14.0. The number of aliphatic hydroxyl groups is 1. The van der Waals surface area contributed by atoms with Crippen LogP contribution in [0, 0.1) is 6.92 Å². The molecule has 0 bridgehead atoms. The van der Waals surface area contributed by atoms with Crippen LogP contribution in [-0.4, -0.2) is 54.5 Å². The van der Waals surface area contributed by atoms with Gasteiger partial charge in [0, 0.05) is 18.5 Å². The first-order chi connectivity index (χ1) is 16.8. The molecule has 186 valence electrons. The predicted octanol–water partition coefficient (Wildman–Crippen LogP) is 3.69. The van der Waals surface area contributed by atoms with E-state index in [0.29, 0.717) is 24.5 Å². The van der Waals surface area contributed by atoms with Gasteiger partial charge in [-0.25, -0.2) is 0 Å². The van der Waals surface area contributed by atoms with Gasteiger partial charge in [0.15, 0.2) is 0 Å². The van der Waals surface area contributed by atoms with E-state index in [2.05, 4.69) is 20.4 Å². The Morgan fingerprint density at radius 2 is 1.80 bits per heavy atom. The maximum Gasteiger partial charge on any atom is 0.295 e. The van der Waals surface area contributed by atoms with E-state index in [1.165, 1.54) is 4.90 Å². The third kappa shape index (κ3) is 6.20. The molecule has 0 spiro atoms. The second-order valence-corrected chi connectivity index (χ2v) is 9.24. The number of ether oxygens (including phenoxy) is 1. The van der Waals surface area contributed by atoms with E-state index in [0.717, 1.165) is 42.8 Å². The number of hydrogen-bond acceptors (Lipinski definition) is 4. The molecule has 6 heteroatoms. The summed E-state index contributed by atoms with van der Waals surface area (Å²) in [6.07, 6.45) is 0.761. The van der Waals surface area contributed by atoms with Gasteiger partial charge in [-0.05, 0) is 51.0 Å². The molecule has 3 rings (SSSR count). The van der Waals surface area contributed by atoms with Crippen molar-refractivity contribution in [1.82, 2.24) is 4.90 Å². The van der Waals surface area contributed by atoms with Gasteiger partial charge < -0.3 is 19.6 Å². The van der Waals surface area contributed by atoms with E-state index in [1.54, 1.807) is 17.0 Å². The molecule has 2 N–H and O–H groups in total. The van der Waals surface area contributed by atoms with Crippen molar-refractivity contribution >= 4 is 17.4 Å². The van der Waals surface area contributed by atoms with Crippen LogP contribution >= 0.6 is 0 Å². The fourth-order valence-electron chi connectivity index (χ4n) is 4.41. The van der Waals surface area contributed by atoms with Crippen LogP contribution in [0.3, 0.4) is 0 Å². The summed E-state index contributed by atoms with van der Waals surface area (Å²) in [4.78, 5) is 29.5. The first-order valence-electron chi connectivity index (χ1n) is 12.3. The van der Waals surface area contributed by atoms with Crippen molar-refractivity contribution in [1.29, 1.82) is 0 Å². The van der Waals surface area contributed by atoms with Crippen LogP contribution in [0.15, 0.2) is 66.3 Å². The SMILES string of the molecule is C=C(C)COc1cccc(C2C(=C(O)c3ccc(C)cc3)C(=O)C(=O)N2CCC[NH+](CC)CC)c1. The van der Waals surface area contributed by atoms with Crippen molar-refractivity contribution in [2.75, 3.05) is 32.8 Å². The Kier molecular flexibility index (Phi) is 8.88. The quantitative estimate of drug-likeness (QED) is 0.224. The molecule has 1 aliphatic heterocycles. The number of aryl methyl sites for hydroxylation is 1. The molecule has 0 aromatic heterocycles. The molecule has 1 unspecified atom stereocenters. The average Bonchev–Trinajstić information content (AvgIpc) is 3.10. The zero-order valence-electron chi connectivity index (χ0n) is 21.3. The Bertz CT molecular complexity index is 1100. The largest absolute Gasteiger partial charge is 0.507 e. The minimum Gasteiger partial charge on any atom is -0.507 e. The lowest BCUT2D eigenvalue weighted by Gasteiger charge is -2.26. The number of aliphatic hydroxyl groups excluding tert-OH is 1. The Morgan fingerprint density at radius 3 is 2.43 bits per heavy atom. The highest BCUT2D eigenvalue weighted by Crippen LogP contribution is 2.40. The molecular formula is C29H37N2O4+.